The number of rotatable bonds is 10. The minimum atomic E-state index is -0.528. The molecule has 24 heavy (non-hydrogen) atoms. The molecule has 7 nitrogen and oxygen atoms in total. The van der Waals surface area contributed by atoms with Crippen molar-refractivity contribution < 1.29 is 28.5 Å². The Morgan fingerprint density at radius 3 is 2.50 bits per heavy atom. The van der Waals surface area contributed by atoms with Crippen LogP contribution in [0.2, 0.25) is 0 Å². The summed E-state index contributed by atoms with van der Waals surface area (Å²) in [4.78, 5) is 12.2. The Bertz CT molecular complexity index is 536. The molecule has 0 fully saturated rings. The molecule has 0 radical (unpaired) electrons. The summed E-state index contributed by atoms with van der Waals surface area (Å²) < 4.78 is 26.7. The maximum atomic E-state index is 12.2. The van der Waals surface area contributed by atoms with Crippen LogP contribution in [-0.4, -0.2) is 53.1 Å². The highest BCUT2D eigenvalue weighted by molar-refractivity contribution is 5.94. The van der Waals surface area contributed by atoms with Crippen molar-refractivity contribution >= 4 is 5.91 Å². The number of amides is 1. The van der Waals surface area contributed by atoms with E-state index in [1.807, 2.05) is 13.0 Å². The molecule has 1 aromatic carbocycles. The zero-order chi connectivity index (χ0) is 17.4. The average molecular weight is 339 g/mol. The van der Waals surface area contributed by atoms with Crippen molar-refractivity contribution in [2.45, 2.75) is 19.5 Å². The lowest BCUT2D eigenvalue weighted by Crippen LogP contribution is -2.27. The van der Waals surface area contributed by atoms with Crippen LogP contribution in [0.3, 0.4) is 0 Å². The van der Waals surface area contributed by atoms with Gasteiger partial charge in [-0.2, -0.15) is 0 Å². The first-order valence-corrected chi connectivity index (χ1v) is 7.99. The first kappa shape index (κ1) is 18.8. The molecule has 2 rings (SSSR count). The lowest BCUT2D eigenvalue weighted by atomic mass is 10.0. The Hall–Kier alpha value is -1.51. The molecule has 2 atom stereocenters. The number of benzene rings is 1. The summed E-state index contributed by atoms with van der Waals surface area (Å²) in [6, 6.07) is 5.35. The molecule has 1 N–H and O–H groups in total. The second-order valence-corrected chi connectivity index (χ2v) is 5.18. The highest BCUT2D eigenvalue weighted by Crippen LogP contribution is 2.39. The predicted molar refractivity (Wildman–Crippen MR) is 86.7 cm³/mol. The van der Waals surface area contributed by atoms with Gasteiger partial charge in [0.1, 0.15) is 0 Å². The van der Waals surface area contributed by atoms with Crippen molar-refractivity contribution in [2.24, 2.45) is 0 Å². The minimum Gasteiger partial charge on any atom is -0.379 e. The highest BCUT2D eigenvalue weighted by Gasteiger charge is 2.32. The molecule has 0 bridgehead atoms. The van der Waals surface area contributed by atoms with Gasteiger partial charge in [0.25, 0.3) is 5.91 Å². The fraction of sp³-hybridized carbons (Fsp3) is 0.588. The Kier molecular flexibility index (Phi) is 7.61. The van der Waals surface area contributed by atoms with Gasteiger partial charge < -0.3 is 29.0 Å². The number of ether oxygens (including phenoxy) is 5. The Morgan fingerprint density at radius 1 is 1.08 bits per heavy atom. The van der Waals surface area contributed by atoms with E-state index in [9.17, 15) is 4.79 Å². The molecule has 0 aliphatic carbocycles. The number of methoxy groups -OCH3 is 2. The monoisotopic (exact) mass is 339 g/mol. The third-order valence-electron chi connectivity index (χ3n) is 3.64. The van der Waals surface area contributed by atoms with Crippen molar-refractivity contribution in [1.29, 1.82) is 0 Å². The maximum absolute atomic E-state index is 12.2. The van der Waals surface area contributed by atoms with Crippen LogP contribution in [0.1, 0.15) is 41.0 Å². The fourth-order valence-corrected chi connectivity index (χ4v) is 2.46. The molecule has 1 aliphatic heterocycles. The molecule has 134 valence electrons. The van der Waals surface area contributed by atoms with Gasteiger partial charge in [-0.05, 0) is 19.1 Å². The number of fused-ring (bicyclic) bond motifs is 1. The minimum absolute atomic E-state index is 0.165. The van der Waals surface area contributed by atoms with Gasteiger partial charge in [0, 0.05) is 44.1 Å². The number of carbonyl (C=O) groups excluding carboxylic acids is 1. The first-order valence-electron chi connectivity index (χ1n) is 7.99. The number of hydrogen-bond donors (Lipinski definition) is 1. The van der Waals surface area contributed by atoms with E-state index < -0.39 is 12.6 Å². The molecule has 0 saturated carbocycles. The Labute approximate surface area is 142 Å². The Balaban J connectivity index is 1.85. The van der Waals surface area contributed by atoms with E-state index in [1.165, 1.54) is 0 Å². The van der Waals surface area contributed by atoms with Crippen molar-refractivity contribution in [3.05, 3.63) is 34.9 Å². The quantitative estimate of drug-likeness (QED) is 0.655. The largest absolute Gasteiger partial charge is 0.379 e. The van der Waals surface area contributed by atoms with Crippen molar-refractivity contribution in [1.82, 2.24) is 5.32 Å². The van der Waals surface area contributed by atoms with Crippen molar-refractivity contribution in [3.63, 3.8) is 0 Å². The molecule has 1 heterocycles. The van der Waals surface area contributed by atoms with Crippen LogP contribution in [0.5, 0.6) is 0 Å². The SMILES string of the molecule is CCOCCOCCNC(=O)c1ccc2c(c1)[C@@H](OC)O[C@H]2OC. The normalized spacial score (nSPS) is 19.3. The summed E-state index contributed by atoms with van der Waals surface area (Å²) in [7, 11) is 3.12. The summed E-state index contributed by atoms with van der Waals surface area (Å²) >= 11 is 0. The van der Waals surface area contributed by atoms with Crippen LogP contribution in [-0.2, 0) is 23.7 Å². The van der Waals surface area contributed by atoms with Crippen molar-refractivity contribution in [2.75, 3.05) is 47.2 Å². The van der Waals surface area contributed by atoms with Gasteiger partial charge in [0.15, 0.2) is 12.6 Å². The molecule has 0 unspecified atom stereocenters. The van der Waals surface area contributed by atoms with E-state index in [2.05, 4.69) is 5.32 Å². The van der Waals surface area contributed by atoms with Crippen molar-refractivity contribution in [3.8, 4) is 0 Å². The van der Waals surface area contributed by atoms with Gasteiger partial charge in [-0.1, -0.05) is 6.07 Å². The van der Waals surface area contributed by atoms with Crippen LogP contribution in [0, 0.1) is 0 Å². The van der Waals surface area contributed by atoms with Gasteiger partial charge in [-0.15, -0.1) is 0 Å². The summed E-state index contributed by atoms with van der Waals surface area (Å²) in [6.45, 7) is 4.58. The number of hydrogen-bond acceptors (Lipinski definition) is 6. The summed E-state index contributed by atoms with van der Waals surface area (Å²) in [6.07, 6.45) is -1.000. The van der Waals surface area contributed by atoms with Crippen LogP contribution >= 0.6 is 0 Å². The van der Waals surface area contributed by atoms with E-state index in [1.54, 1.807) is 26.4 Å². The van der Waals surface area contributed by atoms with Gasteiger partial charge in [-0.3, -0.25) is 4.79 Å². The lowest BCUT2D eigenvalue weighted by molar-refractivity contribution is -0.217. The first-order chi connectivity index (χ1) is 11.7. The highest BCUT2D eigenvalue weighted by atomic mass is 16.8. The molecular weight excluding hydrogens is 314 g/mol. The zero-order valence-corrected chi connectivity index (χ0v) is 14.4. The molecule has 1 aliphatic rings. The smallest absolute Gasteiger partial charge is 0.251 e. The van der Waals surface area contributed by atoms with Crippen LogP contribution in [0.4, 0.5) is 0 Å². The lowest BCUT2D eigenvalue weighted by Gasteiger charge is -2.10. The van der Waals surface area contributed by atoms with E-state index in [4.69, 9.17) is 23.7 Å². The van der Waals surface area contributed by atoms with E-state index in [-0.39, 0.29) is 5.91 Å². The summed E-state index contributed by atoms with van der Waals surface area (Å²) in [5, 5.41) is 2.82. The van der Waals surface area contributed by atoms with Crippen LogP contribution in [0.25, 0.3) is 0 Å². The van der Waals surface area contributed by atoms with E-state index in [0.717, 1.165) is 11.1 Å². The van der Waals surface area contributed by atoms with E-state index in [0.29, 0.717) is 38.5 Å². The topological polar surface area (TPSA) is 75.3 Å². The van der Waals surface area contributed by atoms with Crippen LogP contribution in [0.15, 0.2) is 18.2 Å². The summed E-state index contributed by atoms with van der Waals surface area (Å²) in [5.74, 6) is -0.165. The second-order valence-electron chi connectivity index (χ2n) is 5.18. The molecule has 1 aromatic rings. The standard InChI is InChI=1S/C17H25NO6/c1-4-22-9-10-23-8-7-18-15(19)12-5-6-13-14(11-12)17(21-3)24-16(13)20-2/h5-6,11,16-17H,4,7-10H2,1-3H3,(H,18,19)/t16-,17+/m1/s1. The molecule has 0 spiro atoms. The molecule has 0 saturated heterocycles. The molecule has 1 amide bonds. The fourth-order valence-electron chi connectivity index (χ4n) is 2.46. The molecule has 7 heteroatoms. The number of carbonyl (C=O) groups is 1. The third-order valence-corrected chi connectivity index (χ3v) is 3.64. The second kappa shape index (κ2) is 9.71. The molecule has 0 aromatic heterocycles. The molecular formula is C17H25NO6. The zero-order valence-electron chi connectivity index (χ0n) is 14.4. The maximum Gasteiger partial charge on any atom is 0.251 e. The third kappa shape index (κ3) is 4.75. The Morgan fingerprint density at radius 2 is 1.79 bits per heavy atom. The number of nitrogens with one attached hydrogen (secondary N) is 1. The van der Waals surface area contributed by atoms with Gasteiger partial charge in [0.2, 0.25) is 0 Å². The van der Waals surface area contributed by atoms with Gasteiger partial charge in [0.05, 0.1) is 19.8 Å². The van der Waals surface area contributed by atoms with E-state index >= 15 is 0 Å². The van der Waals surface area contributed by atoms with Gasteiger partial charge >= 0.3 is 0 Å². The predicted octanol–water partition coefficient (Wildman–Crippen LogP) is 1.79. The average Bonchev–Trinajstić information content (AvgIpc) is 2.97. The van der Waals surface area contributed by atoms with Gasteiger partial charge in [-0.25, -0.2) is 0 Å². The summed E-state index contributed by atoms with van der Waals surface area (Å²) in [5.41, 5.74) is 2.23. The van der Waals surface area contributed by atoms with Crippen LogP contribution < -0.4 is 5.32 Å².